The molecule has 0 saturated heterocycles. The Hall–Kier alpha value is -1.80. The van der Waals surface area contributed by atoms with Crippen LogP contribution < -0.4 is 5.73 Å². The minimum atomic E-state index is -0.112. The van der Waals surface area contributed by atoms with Crippen LogP contribution >= 0.6 is 0 Å². The number of nitrogens with two attached hydrogens (primary N) is 1. The first-order valence-corrected chi connectivity index (χ1v) is 5.93. The summed E-state index contributed by atoms with van der Waals surface area (Å²) in [6.45, 7) is 2.13. The number of benzene rings is 2. The van der Waals surface area contributed by atoms with Crippen LogP contribution in [0.4, 0.5) is 0 Å². The lowest BCUT2D eigenvalue weighted by Gasteiger charge is -2.07. The molecule has 0 amide bonds. The highest BCUT2D eigenvalue weighted by molar-refractivity contribution is 5.83. The average Bonchev–Trinajstić information content (AvgIpc) is 2.64. The van der Waals surface area contributed by atoms with Crippen LogP contribution in [0.1, 0.15) is 29.7 Å². The molecule has 86 valence electrons. The van der Waals surface area contributed by atoms with Gasteiger partial charge >= 0.3 is 0 Å². The summed E-state index contributed by atoms with van der Waals surface area (Å²) >= 11 is 0. The van der Waals surface area contributed by atoms with Gasteiger partial charge in [-0.3, -0.25) is 0 Å². The highest BCUT2D eigenvalue weighted by atomic mass is 16.3. The van der Waals surface area contributed by atoms with E-state index in [9.17, 15) is 5.11 Å². The molecule has 0 aliphatic heterocycles. The van der Waals surface area contributed by atoms with Gasteiger partial charge in [0.25, 0.3) is 0 Å². The van der Waals surface area contributed by atoms with Crippen molar-refractivity contribution in [1.82, 2.24) is 0 Å². The van der Waals surface area contributed by atoms with E-state index < -0.39 is 0 Å². The molecule has 0 spiro atoms. The normalized spacial score (nSPS) is 16.7. The van der Waals surface area contributed by atoms with Gasteiger partial charge in [0.15, 0.2) is 0 Å². The summed E-state index contributed by atoms with van der Waals surface area (Å²) in [6.07, 6.45) is 1.00. The molecule has 0 saturated carbocycles. The summed E-state index contributed by atoms with van der Waals surface area (Å²) in [5.41, 5.74) is 11.6. The smallest absolute Gasteiger partial charge is 0.123 e. The fourth-order valence-corrected chi connectivity index (χ4v) is 2.59. The Kier molecular flexibility index (Phi) is 2.20. The Morgan fingerprint density at radius 2 is 2.00 bits per heavy atom. The number of aromatic hydroxyl groups is 1. The highest BCUT2D eigenvalue weighted by Crippen LogP contribution is 2.46. The number of hydrogen-bond acceptors (Lipinski definition) is 2. The number of hydrogen-bond donors (Lipinski definition) is 2. The van der Waals surface area contributed by atoms with Crippen molar-refractivity contribution in [2.45, 2.75) is 19.4 Å². The first-order chi connectivity index (χ1) is 8.22. The minimum absolute atomic E-state index is 0.112. The van der Waals surface area contributed by atoms with Crippen LogP contribution in [-0.2, 0) is 6.42 Å². The molecule has 0 aromatic heterocycles. The Morgan fingerprint density at radius 3 is 2.76 bits per heavy atom. The summed E-state index contributed by atoms with van der Waals surface area (Å²) in [6, 6.07) is 11.8. The van der Waals surface area contributed by atoms with Crippen molar-refractivity contribution in [1.29, 1.82) is 0 Å². The molecule has 1 unspecified atom stereocenters. The first-order valence-electron chi connectivity index (χ1n) is 5.93. The Morgan fingerprint density at radius 1 is 1.18 bits per heavy atom. The zero-order valence-electron chi connectivity index (χ0n) is 9.77. The summed E-state index contributed by atoms with van der Waals surface area (Å²) < 4.78 is 0. The monoisotopic (exact) mass is 225 g/mol. The van der Waals surface area contributed by atoms with Crippen LogP contribution in [-0.4, -0.2) is 5.11 Å². The van der Waals surface area contributed by atoms with Crippen LogP contribution in [0.25, 0.3) is 11.1 Å². The second-order valence-corrected chi connectivity index (χ2v) is 4.49. The molecule has 3 rings (SSSR count). The van der Waals surface area contributed by atoms with E-state index in [-0.39, 0.29) is 6.04 Å². The van der Waals surface area contributed by atoms with E-state index in [4.69, 9.17) is 5.73 Å². The third kappa shape index (κ3) is 1.38. The second kappa shape index (κ2) is 3.60. The van der Waals surface area contributed by atoms with Gasteiger partial charge in [0.2, 0.25) is 0 Å². The molecule has 0 bridgehead atoms. The number of fused-ring (bicyclic) bond motifs is 3. The van der Waals surface area contributed by atoms with Crippen LogP contribution in [0.5, 0.6) is 5.75 Å². The molecule has 0 heterocycles. The van der Waals surface area contributed by atoms with Crippen LogP contribution in [0.3, 0.4) is 0 Å². The van der Waals surface area contributed by atoms with Crippen molar-refractivity contribution in [2.75, 3.05) is 0 Å². The molecular weight excluding hydrogens is 210 g/mol. The lowest BCUT2D eigenvalue weighted by atomic mass is 10.0. The maximum atomic E-state index is 9.97. The third-order valence-corrected chi connectivity index (χ3v) is 3.54. The van der Waals surface area contributed by atoms with Crippen LogP contribution in [0, 0.1) is 0 Å². The molecule has 1 aliphatic carbocycles. The quantitative estimate of drug-likeness (QED) is 0.783. The second-order valence-electron chi connectivity index (χ2n) is 4.49. The van der Waals surface area contributed by atoms with Gasteiger partial charge in [-0.05, 0) is 34.7 Å². The molecule has 2 aromatic carbocycles. The average molecular weight is 225 g/mol. The maximum Gasteiger partial charge on any atom is 0.123 e. The van der Waals surface area contributed by atoms with Crippen molar-refractivity contribution in [3.05, 3.63) is 53.1 Å². The van der Waals surface area contributed by atoms with E-state index >= 15 is 0 Å². The SMILES string of the molecule is CCc1ccc2c(c1)C(N)c1cccc(O)c1-2. The van der Waals surface area contributed by atoms with Gasteiger partial charge in [-0.15, -0.1) is 0 Å². The number of aryl methyl sites for hydroxylation is 1. The molecule has 0 radical (unpaired) electrons. The summed E-state index contributed by atoms with van der Waals surface area (Å²) in [5, 5.41) is 9.97. The summed E-state index contributed by atoms with van der Waals surface area (Å²) in [4.78, 5) is 0. The van der Waals surface area contributed by atoms with E-state index in [1.54, 1.807) is 6.07 Å². The largest absolute Gasteiger partial charge is 0.507 e. The zero-order valence-corrected chi connectivity index (χ0v) is 9.77. The predicted octanol–water partition coefficient (Wildman–Crippen LogP) is 2.98. The van der Waals surface area contributed by atoms with E-state index in [1.165, 1.54) is 5.56 Å². The molecule has 0 fully saturated rings. The van der Waals surface area contributed by atoms with Gasteiger partial charge in [0.05, 0.1) is 6.04 Å². The van der Waals surface area contributed by atoms with Crippen molar-refractivity contribution in [3.63, 3.8) is 0 Å². The van der Waals surface area contributed by atoms with E-state index in [0.29, 0.717) is 5.75 Å². The topological polar surface area (TPSA) is 46.2 Å². The zero-order chi connectivity index (χ0) is 12.0. The van der Waals surface area contributed by atoms with Gasteiger partial charge < -0.3 is 10.8 Å². The molecule has 1 aliphatic rings. The number of phenolic OH excluding ortho intramolecular Hbond substituents is 1. The molecule has 2 nitrogen and oxygen atoms in total. The van der Waals surface area contributed by atoms with Gasteiger partial charge in [-0.25, -0.2) is 0 Å². The first kappa shape index (κ1) is 10.4. The standard InChI is InChI=1S/C15H15NO/c1-2-9-6-7-10-12(8-9)15(16)11-4-3-5-13(17)14(10)11/h3-8,15,17H,2,16H2,1H3. The van der Waals surface area contributed by atoms with Crippen molar-refractivity contribution in [2.24, 2.45) is 5.73 Å². The fraction of sp³-hybridized carbons (Fsp3) is 0.200. The predicted molar refractivity (Wildman–Crippen MR) is 69.0 cm³/mol. The lowest BCUT2D eigenvalue weighted by Crippen LogP contribution is -2.08. The van der Waals surface area contributed by atoms with Gasteiger partial charge in [-0.2, -0.15) is 0 Å². The lowest BCUT2D eigenvalue weighted by molar-refractivity contribution is 0.477. The molecule has 17 heavy (non-hydrogen) atoms. The van der Waals surface area contributed by atoms with E-state index in [2.05, 4.69) is 25.1 Å². The highest BCUT2D eigenvalue weighted by Gasteiger charge is 2.27. The van der Waals surface area contributed by atoms with Gasteiger partial charge in [-0.1, -0.05) is 37.3 Å². The molecule has 2 heteroatoms. The van der Waals surface area contributed by atoms with Crippen LogP contribution in [0.2, 0.25) is 0 Å². The third-order valence-electron chi connectivity index (χ3n) is 3.54. The maximum absolute atomic E-state index is 9.97. The van der Waals surface area contributed by atoms with Crippen LogP contribution in [0.15, 0.2) is 36.4 Å². The summed E-state index contributed by atoms with van der Waals surface area (Å²) in [7, 11) is 0. The van der Waals surface area contributed by atoms with Crippen molar-refractivity contribution >= 4 is 0 Å². The van der Waals surface area contributed by atoms with Crippen molar-refractivity contribution in [3.8, 4) is 16.9 Å². The number of rotatable bonds is 1. The molecule has 3 N–H and O–H groups in total. The van der Waals surface area contributed by atoms with Crippen molar-refractivity contribution < 1.29 is 5.11 Å². The Balaban J connectivity index is 2.28. The number of phenols is 1. The minimum Gasteiger partial charge on any atom is -0.507 e. The van der Waals surface area contributed by atoms with Gasteiger partial charge in [0, 0.05) is 5.56 Å². The van der Waals surface area contributed by atoms with E-state index in [1.807, 2.05) is 12.1 Å². The Bertz CT molecular complexity index is 589. The Labute approximate surface area is 101 Å². The molecule has 1 atom stereocenters. The molecule has 2 aromatic rings. The van der Waals surface area contributed by atoms with E-state index in [0.717, 1.165) is 28.7 Å². The summed E-state index contributed by atoms with van der Waals surface area (Å²) in [5.74, 6) is 0.320. The fourth-order valence-electron chi connectivity index (χ4n) is 2.59. The van der Waals surface area contributed by atoms with Gasteiger partial charge in [0.1, 0.15) is 5.75 Å². The molecular formula is C15H15NO.